The molecule has 0 aliphatic carbocycles. The number of benzene rings is 1. The molecule has 2 rings (SSSR count). The second kappa shape index (κ2) is 5.99. The van der Waals surface area contributed by atoms with Crippen LogP contribution in [0.4, 0.5) is 0 Å². The van der Waals surface area contributed by atoms with E-state index < -0.39 is 5.97 Å². The molecule has 100 valence electrons. The molecule has 0 fully saturated rings. The van der Waals surface area contributed by atoms with E-state index in [0.29, 0.717) is 11.4 Å². The lowest BCUT2D eigenvalue weighted by atomic mass is 10.1. The van der Waals surface area contributed by atoms with Gasteiger partial charge in [0.25, 0.3) is 0 Å². The first kappa shape index (κ1) is 13.8. The highest BCUT2D eigenvalue weighted by Gasteiger charge is 2.10. The fourth-order valence-electron chi connectivity index (χ4n) is 1.94. The van der Waals surface area contributed by atoms with Gasteiger partial charge in [0.1, 0.15) is 4.88 Å². The Hall–Kier alpha value is -1.65. The van der Waals surface area contributed by atoms with Crippen LogP contribution in [0.1, 0.15) is 31.2 Å². The van der Waals surface area contributed by atoms with Gasteiger partial charge in [-0.15, -0.1) is 11.3 Å². The molecule has 2 N–H and O–H groups in total. The zero-order chi connectivity index (χ0) is 13.8. The molecule has 0 atom stereocenters. The third-order valence-corrected chi connectivity index (χ3v) is 4.20. The van der Waals surface area contributed by atoms with Crippen LogP contribution in [0.2, 0.25) is 0 Å². The Balaban J connectivity index is 1.96. The maximum absolute atomic E-state index is 10.9. The molecule has 1 aromatic carbocycles. The van der Waals surface area contributed by atoms with Gasteiger partial charge in [0, 0.05) is 18.0 Å². The Bertz CT molecular complexity index is 590. The molecule has 4 heteroatoms. The summed E-state index contributed by atoms with van der Waals surface area (Å²) in [5, 5.41) is 12.3. The van der Waals surface area contributed by atoms with Crippen LogP contribution in [-0.4, -0.2) is 11.1 Å². The predicted octanol–water partition coefficient (Wildman–Crippen LogP) is 3.35. The number of carboxylic acids is 1. The van der Waals surface area contributed by atoms with Crippen molar-refractivity contribution in [2.75, 3.05) is 0 Å². The van der Waals surface area contributed by atoms with Crippen LogP contribution in [0.3, 0.4) is 0 Å². The molecule has 2 aromatic rings. The molecule has 0 amide bonds. The Morgan fingerprint density at radius 3 is 2.53 bits per heavy atom. The molecule has 0 spiro atoms. The first-order valence-corrected chi connectivity index (χ1v) is 6.97. The maximum Gasteiger partial charge on any atom is 0.345 e. The number of thiophene rings is 1. The van der Waals surface area contributed by atoms with Gasteiger partial charge in [0.15, 0.2) is 0 Å². The average Bonchev–Trinajstić information content (AvgIpc) is 2.74. The van der Waals surface area contributed by atoms with Crippen molar-refractivity contribution in [3.8, 4) is 0 Å². The van der Waals surface area contributed by atoms with Gasteiger partial charge in [-0.05, 0) is 36.6 Å². The smallest absolute Gasteiger partial charge is 0.345 e. The van der Waals surface area contributed by atoms with Gasteiger partial charge >= 0.3 is 5.97 Å². The Labute approximate surface area is 116 Å². The topological polar surface area (TPSA) is 49.3 Å². The summed E-state index contributed by atoms with van der Waals surface area (Å²) in [4.78, 5) is 12.4. The van der Waals surface area contributed by atoms with Crippen molar-refractivity contribution in [2.45, 2.75) is 26.9 Å². The molecule has 19 heavy (non-hydrogen) atoms. The van der Waals surface area contributed by atoms with Crippen LogP contribution in [0, 0.1) is 13.8 Å². The molecule has 0 radical (unpaired) electrons. The fraction of sp³-hybridized carbons (Fsp3) is 0.267. The largest absolute Gasteiger partial charge is 0.477 e. The molecule has 0 saturated carbocycles. The number of aromatic carboxylic acids is 1. The van der Waals surface area contributed by atoms with Gasteiger partial charge in [-0.2, -0.15) is 0 Å². The zero-order valence-corrected chi connectivity index (χ0v) is 11.9. The molecular weight excluding hydrogens is 258 g/mol. The van der Waals surface area contributed by atoms with Crippen LogP contribution in [-0.2, 0) is 13.1 Å². The van der Waals surface area contributed by atoms with Crippen LogP contribution < -0.4 is 5.32 Å². The Kier molecular flexibility index (Phi) is 4.35. The average molecular weight is 275 g/mol. The minimum Gasteiger partial charge on any atom is -0.477 e. The Morgan fingerprint density at radius 1 is 1.21 bits per heavy atom. The van der Waals surface area contributed by atoms with Gasteiger partial charge in [-0.1, -0.05) is 24.3 Å². The summed E-state index contributed by atoms with van der Waals surface area (Å²) < 4.78 is 0. The van der Waals surface area contributed by atoms with E-state index in [1.54, 1.807) is 6.07 Å². The monoisotopic (exact) mass is 275 g/mol. The minimum absolute atomic E-state index is 0.408. The summed E-state index contributed by atoms with van der Waals surface area (Å²) in [6, 6.07) is 10.0. The van der Waals surface area contributed by atoms with E-state index in [0.717, 1.165) is 17.0 Å². The van der Waals surface area contributed by atoms with Crippen molar-refractivity contribution in [3.05, 3.63) is 56.8 Å². The van der Waals surface area contributed by atoms with E-state index in [2.05, 4.69) is 24.4 Å². The quantitative estimate of drug-likeness (QED) is 0.879. The number of carbonyl (C=O) groups is 1. The van der Waals surface area contributed by atoms with E-state index in [4.69, 9.17) is 5.11 Å². The molecule has 0 unspecified atom stereocenters. The van der Waals surface area contributed by atoms with Gasteiger partial charge in [-0.25, -0.2) is 4.79 Å². The van der Waals surface area contributed by atoms with Crippen molar-refractivity contribution in [1.82, 2.24) is 5.32 Å². The summed E-state index contributed by atoms with van der Waals surface area (Å²) in [6.07, 6.45) is 0. The number of hydrogen-bond acceptors (Lipinski definition) is 3. The normalized spacial score (nSPS) is 10.6. The number of rotatable bonds is 5. The van der Waals surface area contributed by atoms with Crippen LogP contribution in [0.15, 0.2) is 30.3 Å². The molecule has 3 nitrogen and oxygen atoms in total. The van der Waals surface area contributed by atoms with Crippen LogP contribution >= 0.6 is 11.3 Å². The van der Waals surface area contributed by atoms with E-state index >= 15 is 0 Å². The Morgan fingerprint density at radius 2 is 1.89 bits per heavy atom. The summed E-state index contributed by atoms with van der Waals surface area (Å²) in [6.45, 7) is 5.55. The van der Waals surface area contributed by atoms with Crippen molar-refractivity contribution < 1.29 is 9.90 Å². The van der Waals surface area contributed by atoms with Gasteiger partial charge in [-0.3, -0.25) is 0 Å². The molecule has 1 aromatic heterocycles. The molecule has 1 heterocycles. The maximum atomic E-state index is 10.9. The molecular formula is C15H17NO2S. The molecule has 0 aliphatic heterocycles. The fourth-order valence-corrected chi connectivity index (χ4v) is 2.82. The second-order valence-electron chi connectivity index (χ2n) is 4.53. The number of carboxylic acid groups (broad SMARTS) is 1. The zero-order valence-electron chi connectivity index (χ0n) is 11.1. The SMILES string of the molecule is Cc1ccccc1CNCc1cc(C(=O)O)sc1C. The predicted molar refractivity (Wildman–Crippen MR) is 77.7 cm³/mol. The minimum atomic E-state index is -0.849. The molecule has 0 aliphatic rings. The van der Waals surface area contributed by atoms with Crippen molar-refractivity contribution >= 4 is 17.3 Å². The number of hydrogen-bond donors (Lipinski definition) is 2. The lowest BCUT2D eigenvalue weighted by Crippen LogP contribution is -2.13. The summed E-state index contributed by atoms with van der Waals surface area (Å²) >= 11 is 1.33. The van der Waals surface area contributed by atoms with Gasteiger partial charge in [0.2, 0.25) is 0 Å². The van der Waals surface area contributed by atoms with Crippen LogP contribution in [0.25, 0.3) is 0 Å². The standard InChI is InChI=1S/C15H17NO2S/c1-10-5-3-4-6-12(10)8-16-9-13-7-14(15(17)18)19-11(13)2/h3-7,16H,8-9H2,1-2H3,(H,17,18). The number of aryl methyl sites for hydroxylation is 2. The summed E-state index contributed by atoms with van der Waals surface area (Å²) in [5.74, 6) is -0.849. The lowest BCUT2D eigenvalue weighted by Gasteiger charge is -2.07. The number of nitrogens with one attached hydrogen (secondary N) is 1. The van der Waals surface area contributed by atoms with Crippen molar-refractivity contribution in [1.29, 1.82) is 0 Å². The summed E-state index contributed by atoms with van der Waals surface area (Å²) in [5.41, 5.74) is 3.60. The first-order chi connectivity index (χ1) is 9.08. The highest BCUT2D eigenvalue weighted by Crippen LogP contribution is 2.21. The van der Waals surface area contributed by atoms with Crippen molar-refractivity contribution in [2.24, 2.45) is 0 Å². The van der Waals surface area contributed by atoms with E-state index in [-0.39, 0.29) is 0 Å². The van der Waals surface area contributed by atoms with Crippen LogP contribution in [0.5, 0.6) is 0 Å². The van der Waals surface area contributed by atoms with E-state index in [1.807, 2.05) is 19.1 Å². The van der Waals surface area contributed by atoms with Gasteiger partial charge < -0.3 is 10.4 Å². The molecule has 0 bridgehead atoms. The second-order valence-corrected chi connectivity index (χ2v) is 5.78. The first-order valence-electron chi connectivity index (χ1n) is 6.15. The third kappa shape index (κ3) is 3.43. The molecule has 0 saturated heterocycles. The highest BCUT2D eigenvalue weighted by atomic mass is 32.1. The van der Waals surface area contributed by atoms with Gasteiger partial charge in [0.05, 0.1) is 0 Å². The third-order valence-electron chi connectivity index (χ3n) is 3.12. The lowest BCUT2D eigenvalue weighted by molar-refractivity contribution is 0.0702. The van der Waals surface area contributed by atoms with Crippen molar-refractivity contribution in [3.63, 3.8) is 0 Å². The van der Waals surface area contributed by atoms with E-state index in [9.17, 15) is 4.79 Å². The van der Waals surface area contributed by atoms with E-state index in [1.165, 1.54) is 22.5 Å². The highest BCUT2D eigenvalue weighted by molar-refractivity contribution is 7.14. The summed E-state index contributed by atoms with van der Waals surface area (Å²) in [7, 11) is 0.